The molecule has 0 radical (unpaired) electrons. The van der Waals surface area contributed by atoms with Crippen LogP contribution in [0.25, 0.3) is 17.4 Å². The molecular formula is C20H10Cl4N2O2S. The van der Waals surface area contributed by atoms with Crippen LogP contribution < -0.4 is 5.32 Å². The molecule has 0 atom stereocenters. The molecule has 1 N–H and O–H groups in total. The van der Waals surface area contributed by atoms with Crippen LogP contribution >= 0.6 is 58.2 Å². The molecule has 0 aliphatic carbocycles. The molecule has 2 aromatic carbocycles. The molecule has 1 aliphatic rings. The lowest BCUT2D eigenvalue weighted by atomic mass is 10.2. The maximum atomic E-state index is 12.3. The van der Waals surface area contributed by atoms with Gasteiger partial charge >= 0.3 is 0 Å². The molecule has 4 rings (SSSR count). The fraction of sp³-hybridized carbons (Fsp3) is 0. The van der Waals surface area contributed by atoms with E-state index in [-0.39, 0.29) is 5.91 Å². The van der Waals surface area contributed by atoms with Gasteiger partial charge < -0.3 is 9.73 Å². The van der Waals surface area contributed by atoms with E-state index in [0.717, 1.165) is 0 Å². The first-order valence-electron chi connectivity index (χ1n) is 8.19. The Morgan fingerprint density at radius 2 is 1.83 bits per heavy atom. The van der Waals surface area contributed by atoms with Crippen LogP contribution in [0.1, 0.15) is 5.76 Å². The van der Waals surface area contributed by atoms with Crippen LogP contribution in [0.2, 0.25) is 20.1 Å². The fourth-order valence-electron chi connectivity index (χ4n) is 2.56. The van der Waals surface area contributed by atoms with Gasteiger partial charge in [0.05, 0.1) is 25.7 Å². The van der Waals surface area contributed by atoms with Gasteiger partial charge in [0.25, 0.3) is 5.91 Å². The Morgan fingerprint density at radius 3 is 2.66 bits per heavy atom. The summed E-state index contributed by atoms with van der Waals surface area (Å²) < 4.78 is 5.81. The lowest BCUT2D eigenvalue weighted by molar-refractivity contribution is -0.115. The Hall–Kier alpha value is -1.89. The SMILES string of the molecule is O=C1NC(=Nc2cccc(Cl)c2Cl)SC1=Cc1ccc(-c2cc(Cl)ccc2Cl)o1. The zero-order valence-corrected chi connectivity index (χ0v) is 18.2. The number of nitrogens with zero attached hydrogens (tertiary/aromatic N) is 1. The second kappa shape index (κ2) is 8.46. The van der Waals surface area contributed by atoms with Crippen molar-refractivity contribution in [3.05, 3.63) is 79.3 Å². The van der Waals surface area contributed by atoms with E-state index in [1.165, 1.54) is 11.8 Å². The van der Waals surface area contributed by atoms with E-state index < -0.39 is 0 Å². The molecule has 0 saturated carbocycles. The number of carbonyl (C=O) groups excluding carboxylic acids is 1. The predicted molar refractivity (Wildman–Crippen MR) is 121 cm³/mol. The lowest BCUT2D eigenvalue weighted by Crippen LogP contribution is -2.19. The van der Waals surface area contributed by atoms with Crippen LogP contribution in [0.5, 0.6) is 0 Å². The summed E-state index contributed by atoms with van der Waals surface area (Å²) in [6.45, 7) is 0. The molecule has 1 amide bonds. The van der Waals surface area contributed by atoms with Crippen molar-refractivity contribution in [1.82, 2.24) is 5.32 Å². The van der Waals surface area contributed by atoms with Gasteiger partial charge in [-0.3, -0.25) is 4.79 Å². The highest BCUT2D eigenvalue weighted by Gasteiger charge is 2.25. The molecule has 1 fully saturated rings. The number of furan rings is 1. The largest absolute Gasteiger partial charge is 0.457 e. The topological polar surface area (TPSA) is 54.6 Å². The predicted octanol–water partition coefficient (Wildman–Crippen LogP) is 7.45. The highest BCUT2D eigenvalue weighted by atomic mass is 35.5. The number of carbonyl (C=O) groups is 1. The van der Waals surface area contributed by atoms with E-state index in [9.17, 15) is 4.79 Å². The first kappa shape index (κ1) is 20.4. The van der Waals surface area contributed by atoms with Gasteiger partial charge in [-0.1, -0.05) is 52.5 Å². The number of aliphatic imine (C=N–C) groups is 1. The Morgan fingerprint density at radius 1 is 1.00 bits per heavy atom. The summed E-state index contributed by atoms with van der Waals surface area (Å²) in [6, 6.07) is 13.7. The first-order chi connectivity index (χ1) is 13.9. The van der Waals surface area contributed by atoms with E-state index in [1.54, 1.807) is 54.6 Å². The third-order valence-corrected chi connectivity index (χ3v) is 6.18. The average Bonchev–Trinajstić information content (AvgIpc) is 3.28. The Labute approximate surface area is 190 Å². The molecule has 146 valence electrons. The van der Waals surface area contributed by atoms with Crippen molar-refractivity contribution in [1.29, 1.82) is 0 Å². The van der Waals surface area contributed by atoms with Crippen LogP contribution in [-0.2, 0) is 4.79 Å². The Kier molecular flexibility index (Phi) is 5.95. The molecule has 4 nitrogen and oxygen atoms in total. The van der Waals surface area contributed by atoms with Crippen LogP contribution in [-0.4, -0.2) is 11.1 Å². The molecule has 2 heterocycles. The zero-order chi connectivity index (χ0) is 20.5. The maximum Gasteiger partial charge on any atom is 0.264 e. The molecule has 1 saturated heterocycles. The fourth-order valence-corrected chi connectivity index (χ4v) is 4.09. The minimum Gasteiger partial charge on any atom is -0.457 e. The summed E-state index contributed by atoms with van der Waals surface area (Å²) >= 11 is 25.6. The van der Waals surface area contributed by atoms with Gasteiger partial charge in [0, 0.05) is 16.7 Å². The third-order valence-electron chi connectivity index (χ3n) is 3.90. The lowest BCUT2D eigenvalue weighted by Gasteiger charge is -2.01. The molecule has 0 bridgehead atoms. The summed E-state index contributed by atoms with van der Waals surface area (Å²) in [6.07, 6.45) is 1.63. The number of thioether (sulfide) groups is 1. The van der Waals surface area contributed by atoms with Crippen LogP contribution in [0.15, 0.2) is 62.8 Å². The van der Waals surface area contributed by atoms with Gasteiger partial charge in [-0.15, -0.1) is 0 Å². The van der Waals surface area contributed by atoms with Gasteiger partial charge in [0.2, 0.25) is 0 Å². The number of halogens is 4. The highest BCUT2D eigenvalue weighted by molar-refractivity contribution is 8.18. The standard InChI is InChI=1S/C20H10Cl4N2O2S/c21-10-4-6-13(22)12(8-10)16-7-5-11(28-16)9-17-19(27)26-20(29-17)25-15-3-1-2-14(23)18(15)24/h1-9H,(H,25,26,27). The minimum absolute atomic E-state index is 0.286. The zero-order valence-electron chi connectivity index (χ0n) is 14.4. The van der Waals surface area contributed by atoms with Crippen molar-refractivity contribution >= 4 is 81.0 Å². The molecule has 9 heteroatoms. The molecule has 1 aliphatic heterocycles. The molecule has 0 unspecified atom stereocenters. The third kappa shape index (κ3) is 4.49. The number of rotatable bonds is 3. The van der Waals surface area contributed by atoms with Crippen LogP contribution in [0.3, 0.4) is 0 Å². The van der Waals surface area contributed by atoms with Gasteiger partial charge in [0.1, 0.15) is 11.5 Å². The normalized spacial score (nSPS) is 16.6. The average molecular weight is 484 g/mol. The smallest absolute Gasteiger partial charge is 0.264 e. The second-order valence-electron chi connectivity index (χ2n) is 5.88. The van der Waals surface area contributed by atoms with E-state index in [1.807, 2.05) is 0 Å². The van der Waals surface area contributed by atoms with Crippen LogP contribution in [0, 0.1) is 0 Å². The summed E-state index contributed by atoms with van der Waals surface area (Å²) in [4.78, 5) is 17.1. The number of hydrogen-bond donors (Lipinski definition) is 1. The molecule has 29 heavy (non-hydrogen) atoms. The number of nitrogens with one attached hydrogen (secondary N) is 1. The van der Waals surface area contributed by atoms with Gasteiger partial charge in [-0.25, -0.2) is 4.99 Å². The van der Waals surface area contributed by atoms with Crippen LogP contribution in [0.4, 0.5) is 5.69 Å². The molecule has 0 spiro atoms. The molecular weight excluding hydrogens is 474 g/mol. The maximum absolute atomic E-state index is 12.3. The molecule has 1 aromatic heterocycles. The number of amidine groups is 1. The van der Waals surface area contributed by atoms with E-state index >= 15 is 0 Å². The van der Waals surface area contributed by atoms with Gasteiger partial charge in [-0.05, 0) is 54.2 Å². The van der Waals surface area contributed by atoms with Crippen molar-refractivity contribution < 1.29 is 9.21 Å². The van der Waals surface area contributed by atoms with Crippen molar-refractivity contribution in [3.63, 3.8) is 0 Å². The van der Waals surface area contributed by atoms with Gasteiger partial charge in [-0.2, -0.15) is 0 Å². The Bertz CT molecular complexity index is 1190. The van der Waals surface area contributed by atoms with Gasteiger partial charge in [0.15, 0.2) is 5.17 Å². The van der Waals surface area contributed by atoms with Crippen molar-refractivity contribution in [2.24, 2.45) is 4.99 Å². The van der Waals surface area contributed by atoms with E-state index in [2.05, 4.69) is 10.3 Å². The minimum atomic E-state index is -0.286. The quantitative estimate of drug-likeness (QED) is 0.393. The van der Waals surface area contributed by atoms with E-state index in [0.29, 0.717) is 52.9 Å². The number of benzene rings is 2. The van der Waals surface area contributed by atoms with Crippen molar-refractivity contribution in [3.8, 4) is 11.3 Å². The summed E-state index contributed by atoms with van der Waals surface area (Å²) in [5, 5.41) is 4.87. The summed E-state index contributed by atoms with van der Waals surface area (Å²) in [7, 11) is 0. The monoisotopic (exact) mass is 482 g/mol. The second-order valence-corrected chi connectivity index (χ2v) is 8.54. The molecule has 3 aromatic rings. The van der Waals surface area contributed by atoms with Crippen molar-refractivity contribution in [2.75, 3.05) is 0 Å². The summed E-state index contributed by atoms with van der Waals surface area (Å²) in [5.41, 5.74) is 1.14. The van der Waals surface area contributed by atoms with E-state index in [4.69, 9.17) is 50.8 Å². The van der Waals surface area contributed by atoms with Crippen molar-refractivity contribution in [2.45, 2.75) is 0 Å². The number of hydrogen-bond acceptors (Lipinski definition) is 4. The highest BCUT2D eigenvalue weighted by Crippen LogP contribution is 2.36. The Balaban J connectivity index is 1.59. The number of amides is 1. The summed E-state index contributed by atoms with van der Waals surface area (Å²) in [5.74, 6) is 0.758. The first-order valence-corrected chi connectivity index (χ1v) is 10.5.